The number of carbonyl (C=O) groups is 2. The molecular formula is C28H40ClN3O2. The van der Waals surface area contributed by atoms with Crippen molar-refractivity contribution in [2.24, 2.45) is 0 Å². The summed E-state index contributed by atoms with van der Waals surface area (Å²) in [6.07, 6.45) is 12.0. The molecule has 0 aliphatic carbocycles. The van der Waals surface area contributed by atoms with Crippen molar-refractivity contribution >= 4 is 23.3 Å². The number of nitrogens with zero attached hydrogens (tertiary/aromatic N) is 3. The van der Waals surface area contributed by atoms with Crippen LogP contribution in [-0.2, 0) is 16.0 Å². The normalized spacial score (nSPS) is 18.4. The zero-order valence-corrected chi connectivity index (χ0v) is 22.0. The first-order valence-corrected chi connectivity index (χ1v) is 12.8. The summed E-state index contributed by atoms with van der Waals surface area (Å²) in [4.78, 5) is 30.8. The lowest BCUT2D eigenvalue weighted by atomic mass is 10.1. The number of aryl methyl sites for hydroxylation is 1. The molecule has 0 spiro atoms. The Kier molecular flexibility index (Phi) is 12.1. The van der Waals surface area contributed by atoms with Gasteiger partial charge in [-0.3, -0.25) is 14.5 Å². The number of Topliss-reactive ketones (excluding diaryl/α,β-unsaturated/α-hetero) is 1. The molecular weight excluding hydrogens is 446 g/mol. The minimum Gasteiger partial charge on any atom is -0.374 e. The fourth-order valence-electron chi connectivity index (χ4n) is 4.08. The maximum Gasteiger partial charge on any atom is 0.246 e. The monoisotopic (exact) mass is 485 g/mol. The van der Waals surface area contributed by atoms with E-state index in [9.17, 15) is 9.59 Å². The van der Waals surface area contributed by atoms with E-state index in [0.29, 0.717) is 18.7 Å². The molecule has 1 amide bonds. The quantitative estimate of drug-likeness (QED) is 0.502. The first-order chi connectivity index (χ1) is 16.4. The van der Waals surface area contributed by atoms with Crippen molar-refractivity contribution in [1.82, 2.24) is 14.7 Å². The van der Waals surface area contributed by atoms with Crippen LogP contribution in [0.2, 0.25) is 5.02 Å². The SMILES string of the molecule is CC/C=C/C(C(C)=O)=C1/CN(C(=O)/C=C/CN2CCCC2)CCN1C.CCc1ccccc1Cl. The van der Waals surface area contributed by atoms with Crippen LogP contribution in [0.3, 0.4) is 0 Å². The van der Waals surface area contributed by atoms with Gasteiger partial charge in [-0.2, -0.15) is 0 Å². The molecule has 0 atom stereocenters. The van der Waals surface area contributed by atoms with Crippen LogP contribution in [0.15, 0.2) is 59.8 Å². The number of allylic oxidation sites excluding steroid dienone is 3. The van der Waals surface area contributed by atoms with Crippen molar-refractivity contribution < 1.29 is 9.59 Å². The molecule has 0 radical (unpaired) electrons. The predicted molar refractivity (Wildman–Crippen MR) is 142 cm³/mol. The van der Waals surface area contributed by atoms with Crippen LogP contribution in [0.25, 0.3) is 0 Å². The Hall–Kier alpha value is -2.37. The number of hydrogen-bond donors (Lipinski definition) is 0. The van der Waals surface area contributed by atoms with Gasteiger partial charge in [-0.15, -0.1) is 0 Å². The molecule has 0 saturated carbocycles. The molecule has 2 aliphatic rings. The number of likely N-dealkylation sites (N-methyl/N-ethyl adjacent to an activating group) is 1. The molecule has 0 unspecified atom stereocenters. The van der Waals surface area contributed by atoms with Gasteiger partial charge in [0.2, 0.25) is 5.91 Å². The third-order valence-electron chi connectivity index (χ3n) is 6.19. The van der Waals surface area contributed by atoms with E-state index in [-0.39, 0.29) is 11.7 Å². The van der Waals surface area contributed by atoms with Crippen molar-refractivity contribution in [3.05, 3.63) is 70.4 Å². The van der Waals surface area contributed by atoms with Gasteiger partial charge in [0.15, 0.2) is 5.78 Å². The standard InChI is InChI=1S/C20H31N3O2.C8H9Cl/c1-4-5-9-18(17(2)24)19-16-23(15-14-21(19)3)20(25)10-8-13-22-11-6-7-12-22;1-2-7-5-3-4-6-8(7)9/h5,8-10H,4,6-7,11-16H2,1-3H3;3-6H,2H2,1H3/b9-5+,10-8+,19-18+;. The highest BCUT2D eigenvalue weighted by atomic mass is 35.5. The highest BCUT2D eigenvalue weighted by molar-refractivity contribution is 6.31. The fourth-order valence-corrected chi connectivity index (χ4v) is 4.35. The molecule has 3 rings (SSSR count). The maximum atomic E-state index is 12.5. The number of ketones is 1. The largest absolute Gasteiger partial charge is 0.374 e. The summed E-state index contributed by atoms with van der Waals surface area (Å²) in [7, 11) is 1.99. The molecule has 2 aliphatic heterocycles. The molecule has 186 valence electrons. The summed E-state index contributed by atoms with van der Waals surface area (Å²) in [5.41, 5.74) is 2.87. The lowest BCUT2D eigenvalue weighted by molar-refractivity contribution is -0.127. The van der Waals surface area contributed by atoms with Gasteiger partial charge >= 0.3 is 0 Å². The van der Waals surface area contributed by atoms with Gasteiger partial charge in [0.25, 0.3) is 0 Å². The predicted octanol–water partition coefficient (Wildman–Crippen LogP) is 5.12. The summed E-state index contributed by atoms with van der Waals surface area (Å²) < 4.78 is 0. The number of carbonyl (C=O) groups excluding carboxylic acids is 2. The average Bonchev–Trinajstić information content (AvgIpc) is 3.34. The smallest absolute Gasteiger partial charge is 0.246 e. The van der Waals surface area contributed by atoms with Crippen molar-refractivity contribution in [1.29, 1.82) is 0 Å². The molecule has 5 nitrogen and oxygen atoms in total. The summed E-state index contributed by atoms with van der Waals surface area (Å²) in [5.74, 6) is 0.0811. The summed E-state index contributed by atoms with van der Waals surface area (Å²) in [6, 6.07) is 7.91. The van der Waals surface area contributed by atoms with E-state index in [2.05, 4.69) is 16.7 Å². The molecule has 0 aromatic heterocycles. The first kappa shape index (κ1) is 27.9. The highest BCUT2D eigenvalue weighted by Crippen LogP contribution is 2.18. The lowest BCUT2D eigenvalue weighted by Gasteiger charge is -2.36. The Labute approximate surface area is 210 Å². The Balaban J connectivity index is 0.000000379. The average molecular weight is 486 g/mol. The van der Waals surface area contributed by atoms with E-state index >= 15 is 0 Å². The van der Waals surface area contributed by atoms with Crippen LogP contribution in [0.4, 0.5) is 0 Å². The van der Waals surface area contributed by atoms with Gasteiger partial charge in [0.1, 0.15) is 0 Å². The Morgan fingerprint density at radius 2 is 1.71 bits per heavy atom. The molecule has 6 heteroatoms. The van der Waals surface area contributed by atoms with Gasteiger partial charge in [0, 0.05) is 49.1 Å². The number of rotatable bonds is 7. The van der Waals surface area contributed by atoms with Gasteiger partial charge in [-0.1, -0.05) is 61.9 Å². The molecule has 2 saturated heterocycles. The molecule has 2 heterocycles. The van der Waals surface area contributed by atoms with E-state index < -0.39 is 0 Å². The van der Waals surface area contributed by atoms with Crippen LogP contribution in [-0.4, -0.2) is 72.7 Å². The number of halogens is 1. The van der Waals surface area contributed by atoms with Gasteiger partial charge in [-0.05, 0) is 57.3 Å². The summed E-state index contributed by atoms with van der Waals surface area (Å²) in [6.45, 7) is 10.8. The molecule has 2 fully saturated rings. The van der Waals surface area contributed by atoms with Gasteiger partial charge in [0.05, 0.1) is 6.54 Å². The second kappa shape index (κ2) is 14.8. The zero-order chi connectivity index (χ0) is 24.9. The second-order valence-corrected chi connectivity index (χ2v) is 9.17. The molecule has 34 heavy (non-hydrogen) atoms. The number of piperazine rings is 1. The van der Waals surface area contributed by atoms with E-state index in [1.165, 1.54) is 18.4 Å². The molecule has 1 aromatic carbocycles. The van der Waals surface area contributed by atoms with Crippen molar-refractivity contribution in [2.45, 2.75) is 46.5 Å². The minimum atomic E-state index is 0.0344. The lowest BCUT2D eigenvalue weighted by Crippen LogP contribution is -2.46. The molecule has 1 aromatic rings. The topological polar surface area (TPSA) is 43.9 Å². The van der Waals surface area contributed by atoms with Crippen LogP contribution in [0.1, 0.15) is 45.6 Å². The number of hydrogen-bond acceptors (Lipinski definition) is 4. The van der Waals surface area contributed by atoms with E-state index in [4.69, 9.17) is 11.6 Å². The maximum absolute atomic E-state index is 12.5. The number of benzene rings is 1. The highest BCUT2D eigenvalue weighted by Gasteiger charge is 2.24. The number of likely N-dealkylation sites (tertiary alicyclic amines) is 1. The summed E-state index contributed by atoms with van der Waals surface area (Å²) >= 11 is 5.82. The Morgan fingerprint density at radius 3 is 2.29 bits per heavy atom. The van der Waals surface area contributed by atoms with Gasteiger partial charge < -0.3 is 9.80 Å². The first-order valence-electron chi connectivity index (χ1n) is 12.4. The van der Waals surface area contributed by atoms with E-state index in [1.54, 1.807) is 13.0 Å². The molecule has 0 N–H and O–H groups in total. The van der Waals surface area contributed by atoms with Gasteiger partial charge in [-0.25, -0.2) is 0 Å². The Bertz CT molecular complexity index is 901. The van der Waals surface area contributed by atoms with Crippen molar-refractivity contribution in [3.8, 4) is 0 Å². The van der Waals surface area contributed by atoms with E-state index in [1.807, 2.05) is 61.4 Å². The zero-order valence-electron chi connectivity index (χ0n) is 21.2. The molecule has 0 bridgehead atoms. The van der Waals surface area contributed by atoms with Crippen molar-refractivity contribution in [3.63, 3.8) is 0 Å². The second-order valence-electron chi connectivity index (χ2n) is 8.76. The third kappa shape index (κ3) is 8.77. The van der Waals surface area contributed by atoms with Crippen LogP contribution in [0, 0.1) is 0 Å². The third-order valence-corrected chi connectivity index (χ3v) is 6.56. The van der Waals surface area contributed by atoms with Crippen LogP contribution < -0.4 is 0 Å². The van der Waals surface area contributed by atoms with Crippen LogP contribution >= 0.6 is 11.6 Å². The van der Waals surface area contributed by atoms with Crippen LogP contribution in [0.5, 0.6) is 0 Å². The number of amides is 1. The Morgan fingerprint density at radius 1 is 1.00 bits per heavy atom. The van der Waals surface area contributed by atoms with Crippen molar-refractivity contribution in [2.75, 3.05) is 46.3 Å². The fraction of sp³-hybridized carbons (Fsp3) is 0.500. The summed E-state index contributed by atoms with van der Waals surface area (Å²) in [5, 5.41) is 0.875. The van der Waals surface area contributed by atoms with E-state index in [0.717, 1.165) is 49.7 Å². The minimum absolute atomic E-state index is 0.0344.